The van der Waals surface area contributed by atoms with Gasteiger partial charge in [0.2, 0.25) is 10.0 Å². The molecule has 1 N–H and O–H groups in total. The Morgan fingerprint density at radius 1 is 1.04 bits per heavy atom. The average molecular weight is 398 g/mol. The predicted octanol–water partition coefficient (Wildman–Crippen LogP) is 5.05. The fourth-order valence-electron chi connectivity index (χ4n) is 3.25. The van der Waals surface area contributed by atoms with Gasteiger partial charge in [-0.2, -0.15) is 0 Å². The van der Waals surface area contributed by atoms with Crippen molar-refractivity contribution >= 4 is 33.2 Å². The third-order valence-corrected chi connectivity index (χ3v) is 6.58. The predicted molar refractivity (Wildman–Crippen MR) is 104 cm³/mol. The van der Waals surface area contributed by atoms with Crippen LogP contribution in [0, 0.1) is 0 Å². The van der Waals surface area contributed by atoms with Crippen LogP contribution in [-0.2, 0) is 28.6 Å². The van der Waals surface area contributed by atoms with Crippen molar-refractivity contribution in [2.75, 3.05) is 0 Å². The molecule has 0 saturated carbocycles. The summed E-state index contributed by atoms with van der Waals surface area (Å²) in [6.45, 7) is 1.87. The van der Waals surface area contributed by atoms with E-state index in [2.05, 4.69) is 16.9 Å². The van der Waals surface area contributed by atoms with E-state index in [0.717, 1.165) is 18.4 Å². The van der Waals surface area contributed by atoms with Gasteiger partial charge in [-0.25, -0.2) is 13.1 Å². The highest BCUT2D eigenvalue weighted by Gasteiger charge is 2.19. The summed E-state index contributed by atoms with van der Waals surface area (Å²) in [7, 11) is -3.52. The van der Waals surface area contributed by atoms with Crippen molar-refractivity contribution in [3.8, 4) is 0 Å². The van der Waals surface area contributed by atoms with Crippen LogP contribution in [0.25, 0.3) is 0 Å². The third kappa shape index (κ3) is 4.76. The minimum absolute atomic E-state index is 0.168. The molecule has 3 nitrogen and oxygen atoms in total. The summed E-state index contributed by atoms with van der Waals surface area (Å²) in [4.78, 5) is 0. The normalized spacial score (nSPS) is 15.6. The van der Waals surface area contributed by atoms with Crippen LogP contribution in [0.3, 0.4) is 0 Å². The first-order valence-electron chi connectivity index (χ1n) is 8.40. The van der Waals surface area contributed by atoms with Crippen molar-refractivity contribution in [1.82, 2.24) is 4.72 Å². The number of rotatable bonds is 5. The first-order valence-corrected chi connectivity index (χ1v) is 10.8. The van der Waals surface area contributed by atoms with Crippen LogP contribution in [0.15, 0.2) is 36.4 Å². The van der Waals surface area contributed by atoms with Crippen molar-refractivity contribution < 1.29 is 8.42 Å². The zero-order valence-electron chi connectivity index (χ0n) is 14.1. The monoisotopic (exact) mass is 397 g/mol. The maximum Gasteiger partial charge on any atom is 0.216 e. The SMILES string of the molecule is CC(NS(=O)(=O)Cc1ccc(Cl)cc1Cl)c1ccc2c(c1)CCCC2. The van der Waals surface area contributed by atoms with Gasteiger partial charge in [0.1, 0.15) is 0 Å². The molecule has 1 aliphatic carbocycles. The zero-order valence-corrected chi connectivity index (χ0v) is 16.4. The average Bonchev–Trinajstić information content (AvgIpc) is 2.56. The number of halogens is 2. The summed E-state index contributed by atoms with van der Waals surface area (Å²) < 4.78 is 27.8. The number of hydrogen-bond acceptors (Lipinski definition) is 2. The molecule has 0 amide bonds. The second kappa shape index (κ2) is 7.67. The Labute approximate surface area is 159 Å². The van der Waals surface area contributed by atoms with Crippen LogP contribution < -0.4 is 4.72 Å². The largest absolute Gasteiger partial charge is 0.216 e. The smallest absolute Gasteiger partial charge is 0.212 e. The third-order valence-electron chi connectivity index (χ3n) is 4.59. The van der Waals surface area contributed by atoms with Gasteiger partial charge in [-0.15, -0.1) is 0 Å². The van der Waals surface area contributed by atoms with E-state index in [4.69, 9.17) is 23.2 Å². The highest BCUT2D eigenvalue weighted by molar-refractivity contribution is 7.88. The minimum Gasteiger partial charge on any atom is -0.212 e. The molecule has 25 heavy (non-hydrogen) atoms. The molecule has 0 aliphatic heterocycles. The second-order valence-electron chi connectivity index (χ2n) is 6.57. The van der Waals surface area contributed by atoms with Crippen LogP contribution in [0.4, 0.5) is 0 Å². The minimum atomic E-state index is -3.52. The van der Waals surface area contributed by atoms with E-state index in [9.17, 15) is 8.42 Å². The number of hydrogen-bond donors (Lipinski definition) is 1. The highest BCUT2D eigenvalue weighted by atomic mass is 35.5. The molecular formula is C19H21Cl2NO2S. The van der Waals surface area contributed by atoms with E-state index >= 15 is 0 Å². The van der Waals surface area contributed by atoms with Gasteiger partial charge in [0.25, 0.3) is 0 Å². The molecule has 3 rings (SSSR count). The molecular weight excluding hydrogens is 377 g/mol. The molecule has 0 saturated heterocycles. The van der Waals surface area contributed by atoms with Crippen LogP contribution in [-0.4, -0.2) is 8.42 Å². The maximum absolute atomic E-state index is 12.5. The van der Waals surface area contributed by atoms with Crippen LogP contribution in [0.5, 0.6) is 0 Å². The molecule has 134 valence electrons. The van der Waals surface area contributed by atoms with Crippen molar-refractivity contribution in [3.05, 3.63) is 68.7 Å². The lowest BCUT2D eigenvalue weighted by Crippen LogP contribution is -2.28. The lowest BCUT2D eigenvalue weighted by molar-refractivity contribution is 0.565. The number of aryl methyl sites for hydroxylation is 2. The summed E-state index contributed by atoms with van der Waals surface area (Å²) in [6.07, 6.45) is 4.62. The van der Waals surface area contributed by atoms with Crippen molar-refractivity contribution in [1.29, 1.82) is 0 Å². The summed E-state index contributed by atoms with van der Waals surface area (Å²) in [6, 6.07) is 10.8. The van der Waals surface area contributed by atoms with Crippen LogP contribution in [0.1, 0.15) is 48.1 Å². The van der Waals surface area contributed by atoms with Crippen molar-refractivity contribution in [2.24, 2.45) is 0 Å². The number of fused-ring (bicyclic) bond motifs is 1. The second-order valence-corrected chi connectivity index (χ2v) is 9.17. The molecule has 0 spiro atoms. The number of sulfonamides is 1. The fraction of sp³-hybridized carbons (Fsp3) is 0.368. The van der Waals surface area contributed by atoms with Gasteiger partial charge < -0.3 is 0 Å². The molecule has 0 radical (unpaired) electrons. The van der Waals surface area contributed by atoms with Gasteiger partial charge in [0, 0.05) is 16.1 Å². The Morgan fingerprint density at radius 3 is 2.48 bits per heavy atom. The molecule has 6 heteroatoms. The quantitative estimate of drug-likeness (QED) is 0.766. The van der Waals surface area contributed by atoms with Crippen LogP contribution >= 0.6 is 23.2 Å². The van der Waals surface area contributed by atoms with Crippen molar-refractivity contribution in [3.63, 3.8) is 0 Å². The van der Waals surface area contributed by atoms with Gasteiger partial charge in [-0.3, -0.25) is 0 Å². The van der Waals surface area contributed by atoms with E-state index in [1.165, 1.54) is 24.0 Å². The Hall–Kier alpha value is -1.07. The topological polar surface area (TPSA) is 46.2 Å². The Balaban J connectivity index is 1.73. The Bertz CT molecular complexity index is 881. The molecule has 0 aromatic heterocycles. The lowest BCUT2D eigenvalue weighted by atomic mass is 9.89. The summed E-state index contributed by atoms with van der Waals surface area (Å²) in [5, 5.41) is 0.848. The molecule has 1 aliphatic rings. The van der Waals surface area contributed by atoms with E-state index < -0.39 is 10.0 Å². The zero-order chi connectivity index (χ0) is 18.0. The number of nitrogens with one attached hydrogen (secondary N) is 1. The number of benzene rings is 2. The van der Waals surface area contributed by atoms with Gasteiger partial charge in [0.05, 0.1) is 5.75 Å². The van der Waals surface area contributed by atoms with E-state index in [1.54, 1.807) is 18.2 Å². The standard InChI is InChI=1S/C19H21Cl2NO2S/c1-13(15-7-6-14-4-2-3-5-16(14)10-15)22-25(23,24)12-17-8-9-18(20)11-19(17)21/h6-11,13,22H,2-5,12H2,1H3. The molecule has 0 bridgehead atoms. The van der Waals surface area contributed by atoms with E-state index in [1.807, 2.05) is 13.0 Å². The summed E-state index contributed by atoms with van der Waals surface area (Å²) >= 11 is 12.0. The summed E-state index contributed by atoms with van der Waals surface area (Å²) in [5.74, 6) is -0.168. The highest BCUT2D eigenvalue weighted by Crippen LogP contribution is 2.26. The summed E-state index contributed by atoms with van der Waals surface area (Å²) in [5.41, 5.74) is 4.26. The molecule has 1 atom stereocenters. The van der Waals surface area contributed by atoms with Gasteiger partial charge in [-0.1, -0.05) is 47.5 Å². The fourth-order valence-corrected chi connectivity index (χ4v) is 5.22. The maximum atomic E-state index is 12.5. The van der Waals surface area contributed by atoms with E-state index in [0.29, 0.717) is 15.6 Å². The lowest BCUT2D eigenvalue weighted by Gasteiger charge is -2.20. The molecule has 2 aromatic rings. The van der Waals surface area contributed by atoms with Gasteiger partial charge in [0.15, 0.2) is 0 Å². The van der Waals surface area contributed by atoms with Gasteiger partial charge in [-0.05, 0) is 67.0 Å². The Kier molecular flexibility index (Phi) is 5.74. The first kappa shape index (κ1) is 18.7. The first-order chi connectivity index (χ1) is 11.8. The Morgan fingerprint density at radius 2 is 1.76 bits per heavy atom. The van der Waals surface area contributed by atoms with Crippen LogP contribution in [0.2, 0.25) is 10.0 Å². The van der Waals surface area contributed by atoms with Gasteiger partial charge >= 0.3 is 0 Å². The molecule has 2 aromatic carbocycles. The molecule has 1 unspecified atom stereocenters. The molecule has 0 fully saturated rings. The van der Waals surface area contributed by atoms with E-state index in [-0.39, 0.29) is 11.8 Å². The molecule has 0 heterocycles. The van der Waals surface area contributed by atoms with Crippen molar-refractivity contribution in [2.45, 2.75) is 44.4 Å².